The molecule has 1 N–H and O–H groups in total. The SMILES string of the molecule is CC(C)C(=O)N1CCN(C(=O)c2ccc(CNS(=O)(=O)c3ccc(F)c(Cl)c3)cc2)CC1. The fourth-order valence-electron chi connectivity index (χ4n) is 3.35. The van der Waals surface area contributed by atoms with Crippen LogP contribution in [0.5, 0.6) is 0 Å². The minimum Gasteiger partial charge on any atom is -0.339 e. The number of piperazine rings is 1. The zero-order chi connectivity index (χ0) is 23.5. The first-order chi connectivity index (χ1) is 15.1. The van der Waals surface area contributed by atoms with Crippen LogP contribution in [0.2, 0.25) is 5.02 Å². The molecule has 0 atom stereocenters. The molecule has 0 bridgehead atoms. The summed E-state index contributed by atoms with van der Waals surface area (Å²) in [6, 6.07) is 9.82. The van der Waals surface area contributed by atoms with Gasteiger partial charge in [0.15, 0.2) is 0 Å². The number of hydrogen-bond donors (Lipinski definition) is 1. The van der Waals surface area contributed by atoms with Crippen LogP contribution in [0.3, 0.4) is 0 Å². The van der Waals surface area contributed by atoms with E-state index in [9.17, 15) is 22.4 Å². The molecule has 172 valence electrons. The standard InChI is InChI=1S/C22H25ClFN3O4S/c1-15(2)21(28)26-9-11-27(12-10-26)22(29)17-5-3-16(4-6-17)14-25-32(30,31)18-7-8-20(24)19(23)13-18/h3-8,13,15,25H,9-12,14H2,1-2H3. The molecular formula is C22H25ClFN3O4S. The quantitative estimate of drug-likeness (QED) is 0.687. The first-order valence-corrected chi connectivity index (χ1v) is 12.1. The molecule has 2 amide bonds. The topological polar surface area (TPSA) is 86.8 Å². The summed E-state index contributed by atoms with van der Waals surface area (Å²) >= 11 is 5.66. The molecule has 1 aliphatic rings. The van der Waals surface area contributed by atoms with Crippen molar-refractivity contribution in [3.05, 3.63) is 64.4 Å². The highest BCUT2D eigenvalue weighted by atomic mass is 35.5. The number of nitrogens with zero attached hydrogens (tertiary/aromatic N) is 2. The van der Waals surface area contributed by atoms with Gasteiger partial charge >= 0.3 is 0 Å². The minimum absolute atomic E-state index is 0.00177. The van der Waals surface area contributed by atoms with Gasteiger partial charge in [0.25, 0.3) is 5.91 Å². The maximum absolute atomic E-state index is 13.3. The molecule has 0 unspecified atom stereocenters. The highest BCUT2D eigenvalue weighted by Crippen LogP contribution is 2.19. The van der Waals surface area contributed by atoms with Gasteiger partial charge in [-0.25, -0.2) is 17.5 Å². The molecule has 10 heteroatoms. The lowest BCUT2D eigenvalue weighted by atomic mass is 10.1. The number of nitrogens with one attached hydrogen (secondary N) is 1. The zero-order valence-electron chi connectivity index (χ0n) is 17.8. The number of carbonyl (C=O) groups is 2. The molecule has 0 spiro atoms. The van der Waals surface area contributed by atoms with Gasteiger partial charge in [0, 0.05) is 44.2 Å². The third-order valence-corrected chi connectivity index (χ3v) is 6.93. The molecule has 0 saturated carbocycles. The van der Waals surface area contributed by atoms with E-state index in [0.717, 1.165) is 18.2 Å². The zero-order valence-corrected chi connectivity index (χ0v) is 19.4. The summed E-state index contributed by atoms with van der Waals surface area (Å²) < 4.78 is 40.5. The summed E-state index contributed by atoms with van der Waals surface area (Å²) in [5.41, 5.74) is 1.15. The second-order valence-electron chi connectivity index (χ2n) is 7.87. The van der Waals surface area contributed by atoms with E-state index in [1.165, 1.54) is 0 Å². The molecular weight excluding hydrogens is 457 g/mol. The van der Waals surface area contributed by atoms with Gasteiger partial charge < -0.3 is 9.80 Å². The Balaban J connectivity index is 1.57. The van der Waals surface area contributed by atoms with Crippen LogP contribution in [0.4, 0.5) is 4.39 Å². The molecule has 1 heterocycles. The summed E-state index contributed by atoms with van der Waals surface area (Å²) in [6.45, 7) is 5.68. The van der Waals surface area contributed by atoms with E-state index in [0.29, 0.717) is 37.3 Å². The third kappa shape index (κ3) is 5.65. The Morgan fingerprint density at radius 3 is 2.19 bits per heavy atom. The normalized spacial score (nSPS) is 14.7. The number of sulfonamides is 1. The molecule has 2 aromatic rings. The van der Waals surface area contributed by atoms with Crippen molar-refractivity contribution in [3.8, 4) is 0 Å². The van der Waals surface area contributed by atoms with Gasteiger partial charge in [0.1, 0.15) is 5.82 Å². The van der Waals surface area contributed by atoms with Crippen LogP contribution in [0.1, 0.15) is 29.8 Å². The average molecular weight is 482 g/mol. The Kier molecular flexibility index (Phi) is 7.53. The van der Waals surface area contributed by atoms with Gasteiger partial charge in [0.2, 0.25) is 15.9 Å². The molecule has 1 fully saturated rings. The lowest BCUT2D eigenvalue weighted by molar-refractivity contribution is -0.135. The second-order valence-corrected chi connectivity index (χ2v) is 10.0. The van der Waals surface area contributed by atoms with E-state index in [-0.39, 0.29) is 34.2 Å². The highest BCUT2D eigenvalue weighted by molar-refractivity contribution is 7.89. The Hall–Kier alpha value is -2.49. The van der Waals surface area contributed by atoms with Crippen LogP contribution in [0, 0.1) is 11.7 Å². The van der Waals surface area contributed by atoms with Crippen LogP contribution < -0.4 is 4.72 Å². The van der Waals surface area contributed by atoms with Gasteiger partial charge in [-0.15, -0.1) is 0 Å². The van der Waals surface area contributed by atoms with E-state index < -0.39 is 15.8 Å². The van der Waals surface area contributed by atoms with Gasteiger partial charge in [-0.05, 0) is 35.9 Å². The largest absolute Gasteiger partial charge is 0.339 e. The Labute approximate surface area is 192 Å². The fourth-order valence-corrected chi connectivity index (χ4v) is 4.64. The summed E-state index contributed by atoms with van der Waals surface area (Å²) in [4.78, 5) is 28.2. The lowest BCUT2D eigenvalue weighted by Crippen LogP contribution is -2.51. The van der Waals surface area contributed by atoms with Crippen molar-refractivity contribution in [2.75, 3.05) is 26.2 Å². The maximum atomic E-state index is 13.3. The number of halogens is 2. The summed E-state index contributed by atoms with van der Waals surface area (Å²) in [5.74, 6) is -0.803. The highest BCUT2D eigenvalue weighted by Gasteiger charge is 2.26. The molecule has 0 radical (unpaired) electrons. The molecule has 1 aliphatic heterocycles. The van der Waals surface area contributed by atoms with Crippen LogP contribution >= 0.6 is 11.6 Å². The van der Waals surface area contributed by atoms with E-state index in [2.05, 4.69) is 4.72 Å². The van der Waals surface area contributed by atoms with E-state index in [1.54, 1.807) is 34.1 Å². The second kappa shape index (κ2) is 9.97. The first kappa shape index (κ1) is 24.2. The van der Waals surface area contributed by atoms with E-state index in [1.807, 2.05) is 13.8 Å². The Bertz CT molecular complexity index is 1100. The van der Waals surface area contributed by atoms with Gasteiger partial charge in [-0.3, -0.25) is 9.59 Å². The maximum Gasteiger partial charge on any atom is 0.253 e. The van der Waals surface area contributed by atoms with Crippen LogP contribution in [-0.2, 0) is 21.4 Å². The fraction of sp³-hybridized carbons (Fsp3) is 0.364. The lowest BCUT2D eigenvalue weighted by Gasteiger charge is -2.35. The van der Waals surface area contributed by atoms with Crippen LogP contribution in [-0.4, -0.2) is 56.2 Å². The predicted molar refractivity (Wildman–Crippen MR) is 119 cm³/mol. The van der Waals surface area contributed by atoms with Crippen molar-refractivity contribution in [1.29, 1.82) is 0 Å². The monoisotopic (exact) mass is 481 g/mol. The van der Waals surface area contributed by atoms with Crippen molar-refractivity contribution in [2.45, 2.75) is 25.3 Å². The molecule has 0 aliphatic carbocycles. The summed E-state index contributed by atoms with van der Waals surface area (Å²) in [7, 11) is -3.87. The number of carbonyl (C=O) groups excluding carboxylic acids is 2. The minimum atomic E-state index is -3.87. The number of benzene rings is 2. The van der Waals surface area contributed by atoms with Crippen molar-refractivity contribution in [3.63, 3.8) is 0 Å². The Morgan fingerprint density at radius 2 is 1.62 bits per heavy atom. The van der Waals surface area contributed by atoms with Crippen molar-refractivity contribution in [2.24, 2.45) is 5.92 Å². The summed E-state index contributed by atoms with van der Waals surface area (Å²) in [6.07, 6.45) is 0. The third-order valence-electron chi connectivity index (χ3n) is 5.24. The molecule has 2 aromatic carbocycles. The smallest absolute Gasteiger partial charge is 0.253 e. The average Bonchev–Trinajstić information content (AvgIpc) is 2.79. The van der Waals surface area contributed by atoms with Gasteiger partial charge in [-0.2, -0.15) is 0 Å². The predicted octanol–water partition coefficient (Wildman–Crippen LogP) is 2.90. The Morgan fingerprint density at radius 1 is 1.03 bits per heavy atom. The molecule has 7 nitrogen and oxygen atoms in total. The van der Waals surface area contributed by atoms with Gasteiger partial charge in [-0.1, -0.05) is 37.6 Å². The number of amides is 2. The number of rotatable bonds is 6. The van der Waals surface area contributed by atoms with E-state index >= 15 is 0 Å². The van der Waals surface area contributed by atoms with E-state index in [4.69, 9.17) is 11.6 Å². The van der Waals surface area contributed by atoms with Crippen LogP contribution in [0.15, 0.2) is 47.4 Å². The van der Waals surface area contributed by atoms with Crippen molar-refractivity contribution < 1.29 is 22.4 Å². The molecule has 0 aromatic heterocycles. The molecule has 3 rings (SSSR count). The van der Waals surface area contributed by atoms with Crippen molar-refractivity contribution >= 4 is 33.4 Å². The van der Waals surface area contributed by atoms with Crippen LogP contribution in [0.25, 0.3) is 0 Å². The number of hydrogen-bond acceptors (Lipinski definition) is 4. The van der Waals surface area contributed by atoms with Crippen molar-refractivity contribution in [1.82, 2.24) is 14.5 Å². The first-order valence-electron chi connectivity index (χ1n) is 10.2. The van der Waals surface area contributed by atoms with Gasteiger partial charge in [0.05, 0.1) is 9.92 Å². The molecule has 32 heavy (non-hydrogen) atoms. The molecule has 1 saturated heterocycles. The summed E-state index contributed by atoms with van der Waals surface area (Å²) in [5, 5.41) is -0.273.